The number of nitrogens with zero attached hydrogens (tertiary/aromatic N) is 3. The molecule has 0 atom stereocenters. The minimum atomic E-state index is 0.0630. The number of rotatable bonds is 6. The number of nitrogens with one attached hydrogen (secondary N) is 1. The number of hydrogen-bond donors (Lipinski definition) is 1. The van der Waals surface area contributed by atoms with Crippen LogP contribution in [-0.2, 0) is 17.9 Å². The smallest absolute Gasteiger partial charge is 0.239 e. The second-order valence-electron chi connectivity index (χ2n) is 4.71. The van der Waals surface area contributed by atoms with Crippen LogP contribution in [0.4, 0.5) is 0 Å². The Morgan fingerprint density at radius 3 is 2.68 bits per heavy atom. The van der Waals surface area contributed by atoms with Crippen LogP contribution in [0.1, 0.15) is 17.8 Å². The Labute approximate surface area is 113 Å². The van der Waals surface area contributed by atoms with E-state index < -0.39 is 0 Å². The lowest BCUT2D eigenvalue weighted by Gasteiger charge is -2.10. The lowest BCUT2D eigenvalue weighted by molar-refractivity contribution is -0.121. The van der Waals surface area contributed by atoms with Gasteiger partial charge in [-0.15, -0.1) is 0 Å². The van der Waals surface area contributed by atoms with Gasteiger partial charge < -0.3 is 14.5 Å². The molecule has 0 saturated carbocycles. The Morgan fingerprint density at radius 2 is 2.05 bits per heavy atom. The molecule has 0 bridgehead atoms. The van der Waals surface area contributed by atoms with Gasteiger partial charge in [0.05, 0.1) is 6.33 Å². The van der Waals surface area contributed by atoms with E-state index in [1.54, 1.807) is 12.5 Å². The normalized spacial score (nSPS) is 10.6. The summed E-state index contributed by atoms with van der Waals surface area (Å²) in [6.07, 6.45) is 6.38. The van der Waals surface area contributed by atoms with Crippen LogP contribution in [0.2, 0.25) is 0 Å². The minimum absolute atomic E-state index is 0.0630. The van der Waals surface area contributed by atoms with E-state index in [0.717, 1.165) is 24.4 Å². The summed E-state index contributed by atoms with van der Waals surface area (Å²) in [7, 11) is 0. The molecule has 0 fully saturated rings. The van der Waals surface area contributed by atoms with Gasteiger partial charge in [-0.25, -0.2) is 4.98 Å². The van der Waals surface area contributed by atoms with E-state index in [4.69, 9.17) is 0 Å². The van der Waals surface area contributed by atoms with Crippen molar-refractivity contribution in [2.45, 2.75) is 33.4 Å². The second kappa shape index (κ2) is 6.22. The molecule has 2 heterocycles. The lowest BCUT2D eigenvalue weighted by Crippen LogP contribution is -2.29. The fourth-order valence-corrected chi connectivity index (χ4v) is 2.06. The van der Waals surface area contributed by atoms with Crippen molar-refractivity contribution in [3.8, 4) is 0 Å². The molecule has 0 radical (unpaired) electrons. The number of hydrogen-bond acceptors (Lipinski definition) is 2. The zero-order valence-corrected chi connectivity index (χ0v) is 11.5. The highest BCUT2D eigenvalue weighted by Gasteiger charge is 2.06. The highest BCUT2D eigenvalue weighted by molar-refractivity contribution is 5.75. The van der Waals surface area contributed by atoms with Crippen molar-refractivity contribution < 1.29 is 4.79 Å². The molecule has 2 aromatic heterocycles. The van der Waals surface area contributed by atoms with E-state index in [1.165, 1.54) is 0 Å². The third kappa shape index (κ3) is 3.71. The van der Waals surface area contributed by atoms with Crippen LogP contribution in [0.15, 0.2) is 30.9 Å². The second-order valence-corrected chi connectivity index (χ2v) is 4.71. The summed E-state index contributed by atoms with van der Waals surface area (Å²) in [5, 5.41) is 2.94. The molecule has 2 rings (SSSR count). The molecule has 0 unspecified atom stereocenters. The summed E-state index contributed by atoms with van der Waals surface area (Å²) < 4.78 is 4.03. The summed E-state index contributed by atoms with van der Waals surface area (Å²) in [5.74, 6) is 0.0630. The molecule has 0 saturated heterocycles. The van der Waals surface area contributed by atoms with Gasteiger partial charge >= 0.3 is 0 Å². The lowest BCUT2D eigenvalue weighted by atomic mass is 10.4. The maximum Gasteiger partial charge on any atom is 0.239 e. The quantitative estimate of drug-likeness (QED) is 0.800. The van der Waals surface area contributed by atoms with Crippen LogP contribution in [0.5, 0.6) is 0 Å². The molecule has 1 amide bonds. The number of carbonyl (C=O) groups is 1. The van der Waals surface area contributed by atoms with Crippen molar-refractivity contribution in [2.75, 3.05) is 6.54 Å². The van der Waals surface area contributed by atoms with Gasteiger partial charge in [0.1, 0.15) is 6.54 Å². The van der Waals surface area contributed by atoms with Gasteiger partial charge in [0, 0.05) is 36.9 Å². The van der Waals surface area contributed by atoms with Crippen molar-refractivity contribution >= 4 is 5.91 Å². The summed E-state index contributed by atoms with van der Waals surface area (Å²) in [6.45, 7) is 5.99. The highest BCUT2D eigenvalue weighted by Crippen LogP contribution is 2.06. The summed E-state index contributed by atoms with van der Waals surface area (Å²) >= 11 is 0. The van der Waals surface area contributed by atoms with Gasteiger partial charge in [-0.05, 0) is 32.4 Å². The average Bonchev–Trinajstić information content (AvgIpc) is 3.00. The summed E-state index contributed by atoms with van der Waals surface area (Å²) in [4.78, 5) is 15.8. The molecule has 0 aliphatic heterocycles. The van der Waals surface area contributed by atoms with Crippen molar-refractivity contribution in [1.29, 1.82) is 0 Å². The van der Waals surface area contributed by atoms with Crippen LogP contribution in [0, 0.1) is 13.8 Å². The van der Waals surface area contributed by atoms with E-state index in [-0.39, 0.29) is 5.91 Å². The van der Waals surface area contributed by atoms with Gasteiger partial charge in [0.25, 0.3) is 0 Å². The molecular weight excluding hydrogens is 240 g/mol. The predicted molar refractivity (Wildman–Crippen MR) is 73.8 cm³/mol. The van der Waals surface area contributed by atoms with Crippen molar-refractivity contribution in [2.24, 2.45) is 0 Å². The topological polar surface area (TPSA) is 51.9 Å². The average molecular weight is 260 g/mol. The molecule has 102 valence electrons. The molecule has 5 heteroatoms. The van der Waals surface area contributed by atoms with Crippen molar-refractivity contribution in [1.82, 2.24) is 19.4 Å². The Bertz CT molecular complexity index is 508. The number of imidazole rings is 1. The third-order valence-corrected chi connectivity index (χ3v) is 3.19. The Kier molecular flexibility index (Phi) is 4.39. The molecule has 5 nitrogen and oxygen atoms in total. The Morgan fingerprint density at radius 1 is 1.32 bits per heavy atom. The predicted octanol–water partition coefficient (Wildman–Crippen LogP) is 1.51. The first kappa shape index (κ1) is 13.4. The first-order valence-electron chi connectivity index (χ1n) is 6.52. The molecule has 2 aromatic rings. The third-order valence-electron chi connectivity index (χ3n) is 3.19. The number of carbonyl (C=O) groups excluding carboxylic acids is 1. The zero-order chi connectivity index (χ0) is 13.7. The molecule has 19 heavy (non-hydrogen) atoms. The van der Waals surface area contributed by atoms with Crippen molar-refractivity contribution in [3.05, 3.63) is 42.2 Å². The monoisotopic (exact) mass is 260 g/mol. The van der Waals surface area contributed by atoms with E-state index in [2.05, 4.69) is 10.3 Å². The molecule has 0 spiro atoms. The largest absolute Gasteiger partial charge is 0.354 e. The van der Waals surface area contributed by atoms with Crippen LogP contribution in [-0.4, -0.2) is 26.6 Å². The molecule has 0 aromatic carbocycles. The van der Waals surface area contributed by atoms with E-state index in [1.807, 2.05) is 41.3 Å². The SMILES string of the molecule is Cc1ccc(C)n1CC(=O)NCCCn1ccnc1. The highest BCUT2D eigenvalue weighted by atomic mass is 16.1. The Hall–Kier alpha value is -2.04. The zero-order valence-electron chi connectivity index (χ0n) is 11.5. The fraction of sp³-hybridized carbons (Fsp3) is 0.429. The maximum absolute atomic E-state index is 11.8. The molecule has 0 aliphatic rings. The minimum Gasteiger partial charge on any atom is -0.354 e. The van der Waals surface area contributed by atoms with Crippen LogP contribution in [0.25, 0.3) is 0 Å². The van der Waals surface area contributed by atoms with Crippen LogP contribution >= 0.6 is 0 Å². The summed E-state index contributed by atoms with van der Waals surface area (Å²) in [6, 6.07) is 4.06. The van der Waals surface area contributed by atoms with Gasteiger partial charge in [0.2, 0.25) is 5.91 Å². The van der Waals surface area contributed by atoms with Gasteiger partial charge in [-0.3, -0.25) is 4.79 Å². The van der Waals surface area contributed by atoms with E-state index in [9.17, 15) is 4.79 Å². The van der Waals surface area contributed by atoms with Gasteiger partial charge in [-0.1, -0.05) is 0 Å². The molecule has 0 aliphatic carbocycles. The van der Waals surface area contributed by atoms with Gasteiger partial charge in [-0.2, -0.15) is 0 Å². The van der Waals surface area contributed by atoms with Crippen molar-refractivity contribution in [3.63, 3.8) is 0 Å². The van der Waals surface area contributed by atoms with E-state index in [0.29, 0.717) is 13.1 Å². The fourth-order valence-electron chi connectivity index (χ4n) is 2.06. The van der Waals surface area contributed by atoms with Crippen LogP contribution in [0.3, 0.4) is 0 Å². The number of aryl methyl sites for hydroxylation is 3. The first-order valence-corrected chi connectivity index (χ1v) is 6.52. The standard InChI is InChI=1S/C14H20N4O/c1-12-4-5-13(2)18(12)10-14(19)16-6-3-8-17-9-7-15-11-17/h4-5,7,9,11H,3,6,8,10H2,1-2H3,(H,16,19). The maximum atomic E-state index is 11.8. The van der Waals surface area contributed by atoms with E-state index >= 15 is 0 Å². The number of amides is 1. The number of aromatic nitrogens is 3. The van der Waals surface area contributed by atoms with Gasteiger partial charge in [0.15, 0.2) is 0 Å². The molecular formula is C14H20N4O. The van der Waals surface area contributed by atoms with Crippen LogP contribution < -0.4 is 5.32 Å². The molecule has 1 N–H and O–H groups in total. The Balaban J connectivity index is 1.70. The first-order chi connectivity index (χ1) is 9.16. The summed E-state index contributed by atoms with van der Waals surface area (Å²) in [5.41, 5.74) is 2.23.